The maximum absolute atomic E-state index is 15.6. The molecule has 1 aromatic carbocycles. The van der Waals surface area contributed by atoms with Gasteiger partial charge in [-0.3, -0.25) is 9.59 Å². The molecule has 2 fully saturated rings. The van der Waals surface area contributed by atoms with Crippen LogP contribution in [0.25, 0.3) is 0 Å². The van der Waals surface area contributed by atoms with Crippen LogP contribution in [0.2, 0.25) is 0 Å². The third-order valence-electron chi connectivity index (χ3n) is 16.2. The predicted octanol–water partition coefficient (Wildman–Crippen LogP) is 5.79. The van der Waals surface area contributed by atoms with Gasteiger partial charge < -0.3 is 46.9 Å². The van der Waals surface area contributed by atoms with Gasteiger partial charge in [-0.2, -0.15) is 0 Å². The van der Waals surface area contributed by atoms with Gasteiger partial charge in [0.05, 0.1) is 26.0 Å². The Labute approximate surface area is 384 Å². The molecule has 6 bridgehead atoms. The van der Waals surface area contributed by atoms with Crippen molar-refractivity contribution in [3.8, 4) is 0 Å². The van der Waals surface area contributed by atoms with Gasteiger partial charge >= 0.3 is 5.97 Å². The first-order valence-electron chi connectivity index (χ1n) is 24.3. The van der Waals surface area contributed by atoms with E-state index < -0.39 is 28.7 Å². The number of aliphatic hydroxyl groups excluding tert-OH is 1. The first kappa shape index (κ1) is 45.6. The lowest BCUT2D eigenvalue weighted by atomic mass is 9.53. The minimum absolute atomic E-state index is 0.0203. The summed E-state index contributed by atoms with van der Waals surface area (Å²) in [4.78, 5) is 46.0. The van der Waals surface area contributed by atoms with Crippen molar-refractivity contribution in [2.24, 2.45) is 46.7 Å². The predicted molar refractivity (Wildman–Crippen MR) is 252 cm³/mol. The number of carbonyl (C=O) groups is 3. The van der Waals surface area contributed by atoms with E-state index in [1.165, 1.54) is 0 Å². The zero-order valence-corrected chi connectivity index (χ0v) is 38.7. The van der Waals surface area contributed by atoms with Crippen LogP contribution in [0.4, 0.5) is 0 Å². The molecule has 348 valence electrons. The fraction of sp³-hybridized carbons (Fsp3) is 0.566. The van der Waals surface area contributed by atoms with E-state index in [0.717, 1.165) is 73.2 Å². The molecular weight excluding hydrogens is 817 g/mol. The zero-order chi connectivity index (χ0) is 45.5. The molecule has 0 amide bonds. The van der Waals surface area contributed by atoms with Crippen molar-refractivity contribution >= 4 is 17.5 Å². The van der Waals surface area contributed by atoms with Gasteiger partial charge in [-0.25, -0.2) is 4.79 Å². The fourth-order valence-corrected chi connectivity index (χ4v) is 12.9. The highest BCUT2D eigenvalue weighted by molar-refractivity contribution is 6.33. The molecular formula is C53H70N6O6. The Balaban J connectivity index is 1.10. The SMILES string of the molecule is CCN[C@@H]1C[C@@H]2C=CC[C@H]3[C@@H]2[C@@H]2C=C[C@H]3CCC[C@@](C)(CC3=CNC(N)C=C3)Cc3cccc4c3C(=O)[C@]3(O[C@@]3(C/C(CO)=C(\C)CCC3=CCNC(NCNC)=C3)C4=O)C(=O)OC[C@H]21. The number of allylic oxidation sites excluding steroid dienone is 9. The standard InChI is InChI=1S/C53H70N6O6/c1-5-56-43-24-36-9-6-12-39-35-11-8-21-51(3,25-34-16-19-44(54)58-28-34)26-37-10-7-13-41-47(37)49(62)53(50(63)64-30-42(43)40(18-17-35)46(36)39)52(65-53,48(41)61)27-38(29-60)32(2)14-15-33-20-22-57-45(23-33)59-31-55-4/h6-7,9-10,13,16-20,23,28,35-36,39-40,42-44,46,55-60H,5,8,11-12,14-15,21-22,24-27,29-31,54H2,1-4H3/b38-32-/t35-,36+,39-,40-,42-,43-,44?,46-,51+,52+,53+/m1/s1. The number of ketones is 2. The van der Waals surface area contributed by atoms with Crippen LogP contribution in [-0.4, -0.2) is 86.1 Å². The van der Waals surface area contributed by atoms with E-state index in [9.17, 15) is 5.11 Å². The van der Waals surface area contributed by atoms with E-state index in [-0.39, 0.29) is 60.2 Å². The second-order valence-corrected chi connectivity index (χ2v) is 20.4. The van der Waals surface area contributed by atoms with E-state index in [2.05, 4.69) is 83.0 Å². The number of Topliss-reactive ketones (excluding diaryl/α,β-unsaturated/α-hetero) is 2. The first-order chi connectivity index (χ1) is 31.4. The summed E-state index contributed by atoms with van der Waals surface area (Å²) < 4.78 is 13.0. The lowest BCUT2D eigenvalue weighted by molar-refractivity contribution is -0.151. The van der Waals surface area contributed by atoms with Gasteiger partial charge in [0.1, 0.15) is 5.82 Å². The summed E-state index contributed by atoms with van der Waals surface area (Å²) in [6.07, 6.45) is 27.2. The number of nitrogens with one attached hydrogen (secondary N) is 5. The fourth-order valence-electron chi connectivity index (χ4n) is 12.9. The van der Waals surface area contributed by atoms with E-state index >= 15 is 14.4 Å². The minimum atomic E-state index is -2.17. The third-order valence-corrected chi connectivity index (χ3v) is 16.2. The number of dihydropyridines is 2. The Kier molecular flexibility index (Phi) is 13.0. The Morgan fingerprint density at radius 1 is 1.06 bits per heavy atom. The molecule has 1 saturated heterocycles. The molecule has 10 rings (SSSR count). The summed E-state index contributed by atoms with van der Waals surface area (Å²) in [6, 6.07) is 5.61. The number of hydrogen-bond acceptors (Lipinski definition) is 12. The summed E-state index contributed by atoms with van der Waals surface area (Å²) >= 11 is 0. The Morgan fingerprint density at radius 3 is 2.71 bits per heavy atom. The van der Waals surface area contributed by atoms with Gasteiger partial charge in [-0.15, -0.1) is 0 Å². The van der Waals surface area contributed by atoms with Gasteiger partial charge in [0.25, 0.3) is 5.60 Å². The zero-order valence-electron chi connectivity index (χ0n) is 38.7. The molecule has 8 N–H and O–H groups in total. The average Bonchev–Trinajstić information content (AvgIpc) is 4.01. The number of ether oxygens (including phenoxy) is 2. The lowest BCUT2D eigenvalue weighted by Gasteiger charge is -2.53. The molecule has 1 aromatic rings. The molecule has 4 aliphatic carbocycles. The number of carbonyl (C=O) groups excluding carboxylic acids is 3. The third kappa shape index (κ3) is 8.43. The molecule has 5 heterocycles. The Bertz CT molecular complexity index is 2280. The van der Waals surface area contributed by atoms with Crippen LogP contribution < -0.4 is 32.3 Å². The molecule has 0 radical (unpaired) electrons. The normalized spacial score (nSPS) is 36.2. The van der Waals surface area contributed by atoms with Crippen LogP contribution in [0, 0.1) is 40.9 Å². The van der Waals surface area contributed by atoms with E-state index in [4.69, 9.17) is 15.2 Å². The largest absolute Gasteiger partial charge is 0.463 e. The number of nitrogens with two attached hydrogens (primary N) is 1. The van der Waals surface area contributed by atoms with Crippen molar-refractivity contribution in [2.45, 2.75) is 108 Å². The number of aliphatic hydroxyl groups is 1. The highest BCUT2D eigenvalue weighted by Crippen LogP contribution is 2.61. The van der Waals surface area contributed by atoms with Crippen molar-refractivity contribution in [3.05, 3.63) is 118 Å². The maximum Gasteiger partial charge on any atom is 0.350 e. The summed E-state index contributed by atoms with van der Waals surface area (Å²) in [7, 11) is 1.88. The quantitative estimate of drug-likeness (QED) is 0.0418. The second-order valence-electron chi connectivity index (χ2n) is 20.4. The monoisotopic (exact) mass is 887 g/mol. The summed E-state index contributed by atoms with van der Waals surface area (Å²) in [6.45, 7) is 8.22. The van der Waals surface area contributed by atoms with Crippen molar-refractivity contribution in [3.63, 3.8) is 0 Å². The smallest absolute Gasteiger partial charge is 0.350 e. The van der Waals surface area contributed by atoms with Gasteiger partial charge in [-0.1, -0.05) is 80.5 Å². The highest BCUT2D eigenvalue weighted by atomic mass is 16.7. The topological polar surface area (TPSA) is 179 Å². The van der Waals surface area contributed by atoms with Crippen LogP contribution in [0.1, 0.15) is 105 Å². The van der Waals surface area contributed by atoms with Gasteiger partial charge in [0, 0.05) is 42.3 Å². The molecule has 12 heteroatoms. The minimum Gasteiger partial charge on any atom is -0.463 e. The number of fused-ring (bicyclic) bond motifs is 6. The van der Waals surface area contributed by atoms with Crippen molar-refractivity contribution in [1.82, 2.24) is 26.6 Å². The summed E-state index contributed by atoms with van der Waals surface area (Å²) in [5, 5.41) is 27.8. The average molecular weight is 887 g/mol. The Morgan fingerprint density at radius 2 is 1.92 bits per heavy atom. The molecule has 11 atom stereocenters. The van der Waals surface area contributed by atoms with Crippen LogP contribution in [0.3, 0.4) is 0 Å². The van der Waals surface area contributed by atoms with Crippen molar-refractivity contribution in [1.29, 1.82) is 0 Å². The van der Waals surface area contributed by atoms with E-state index in [1.807, 2.05) is 38.4 Å². The number of rotatable bonds is 13. The van der Waals surface area contributed by atoms with Crippen molar-refractivity contribution < 1.29 is 29.0 Å². The molecule has 1 saturated carbocycles. The second kappa shape index (κ2) is 18.6. The van der Waals surface area contributed by atoms with Crippen LogP contribution in [-0.2, 0) is 20.7 Å². The van der Waals surface area contributed by atoms with E-state index in [1.54, 1.807) is 6.07 Å². The van der Waals surface area contributed by atoms with E-state index in [0.29, 0.717) is 61.7 Å². The number of benzene rings is 1. The number of hydrogen-bond donors (Lipinski definition) is 7. The maximum atomic E-state index is 15.6. The van der Waals surface area contributed by atoms with Crippen LogP contribution >= 0.6 is 0 Å². The first-order valence-corrected chi connectivity index (χ1v) is 24.3. The molecule has 1 unspecified atom stereocenters. The number of esters is 1. The molecule has 0 aromatic heterocycles. The summed E-state index contributed by atoms with van der Waals surface area (Å²) in [5.41, 5.74) is 6.85. The van der Waals surface area contributed by atoms with Crippen LogP contribution in [0.5, 0.6) is 0 Å². The molecule has 9 aliphatic rings. The van der Waals surface area contributed by atoms with Gasteiger partial charge in [0.2, 0.25) is 5.78 Å². The van der Waals surface area contributed by atoms with Gasteiger partial charge in [0.15, 0.2) is 11.4 Å². The highest BCUT2D eigenvalue weighted by Gasteiger charge is 2.86. The Hall–Kier alpha value is -4.59. The van der Waals surface area contributed by atoms with Gasteiger partial charge in [-0.05, 0) is 141 Å². The van der Waals surface area contributed by atoms with Crippen molar-refractivity contribution in [2.75, 3.05) is 40.0 Å². The van der Waals surface area contributed by atoms with Crippen LogP contribution in [0.15, 0.2) is 101 Å². The molecule has 65 heavy (non-hydrogen) atoms. The lowest BCUT2D eigenvalue weighted by Crippen LogP contribution is -2.55. The number of epoxide rings is 1. The molecule has 12 nitrogen and oxygen atoms in total. The molecule has 1 spiro atoms. The molecule has 5 aliphatic heterocycles. The summed E-state index contributed by atoms with van der Waals surface area (Å²) in [5.74, 6) is 1.16.